The molecule has 1 aromatic rings. The standard InChI is InChI=1S/C9H12ClNS/c1-7(6-11-2)5-9-8(10)3-4-12-9/h3-5,11H,6H2,1-2H3/b7-5+. The minimum atomic E-state index is 0.843. The Balaban J connectivity index is 2.73. The van der Waals surface area contributed by atoms with Gasteiger partial charge in [0.15, 0.2) is 0 Å². The van der Waals surface area contributed by atoms with Crippen molar-refractivity contribution in [1.29, 1.82) is 0 Å². The highest BCUT2D eigenvalue weighted by atomic mass is 35.5. The van der Waals surface area contributed by atoms with Crippen LogP contribution in [0.2, 0.25) is 5.02 Å². The molecule has 1 heterocycles. The number of hydrogen-bond acceptors (Lipinski definition) is 2. The smallest absolute Gasteiger partial charge is 0.0586 e. The van der Waals surface area contributed by atoms with Gasteiger partial charge in [-0.05, 0) is 31.5 Å². The molecule has 0 amide bonds. The van der Waals surface area contributed by atoms with Crippen molar-refractivity contribution in [2.75, 3.05) is 13.6 Å². The van der Waals surface area contributed by atoms with Crippen LogP contribution in [0.25, 0.3) is 6.08 Å². The van der Waals surface area contributed by atoms with Crippen molar-refractivity contribution in [3.63, 3.8) is 0 Å². The van der Waals surface area contributed by atoms with E-state index in [1.54, 1.807) is 11.3 Å². The Labute approximate surface area is 82.1 Å². The molecule has 0 aromatic carbocycles. The van der Waals surface area contributed by atoms with Crippen LogP contribution in [0.1, 0.15) is 11.8 Å². The maximum Gasteiger partial charge on any atom is 0.0586 e. The Bertz CT molecular complexity index is 278. The van der Waals surface area contributed by atoms with Gasteiger partial charge in [-0.25, -0.2) is 0 Å². The maximum atomic E-state index is 5.93. The Morgan fingerprint density at radius 1 is 1.75 bits per heavy atom. The first-order chi connectivity index (χ1) is 5.74. The van der Waals surface area contributed by atoms with Crippen molar-refractivity contribution in [3.8, 4) is 0 Å². The summed E-state index contributed by atoms with van der Waals surface area (Å²) in [7, 11) is 1.94. The van der Waals surface area contributed by atoms with Gasteiger partial charge >= 0.3 is 0 Å². The normalized spacial score (nSPS) is 12.1. The van der Waals surface area contributed by atoms with Gasteiger partial charge in [-0.2, -0.15) is 0 Å². The number of rotatable bonds is 3. The van der Waals surface area contributed by atoms with E-state index in [4.69, 9.17) is 11.6 Å². The van der Waals surface area contributed by atoms with Gasteiger partial charge in [0.25, 0.3) is 0 Å². The lowest BCUT2D eigenvalue weighted by molar-refractivity contribution is 0.885. The van der Waals surface area contributed by atoms with Crippen LogP contribution in [0.15, 0.2) is 17.0 Å². The van der Waals surface area contributed by atoms with E-state index < -0.39 is 0 Å². The second-order valence-corrected chi connectivity index (χ2v) is 4.01. The molecule has 3 heteroatoms. The van der Waals surface area contributed by atoms with Crippen LogP contribution < -0.4 is 5.32 Å². The molecule has 0 bridgehead atoms. The van der Waals surface area contributed by atoms with Crippen molar-refractivity contribution in [1.82, 2.24) is 5.32 Å². The zero-order chi connectivity index (χ0) is 8.97. The quantitative estimate of drug-likeness (QED) is 0.793. The average molecular weight is 202 g/mol. The number of hydrogen-bond donors (Lipinski definition) is 1. The molecule has 0 saturated carbocycles. The molecule has 1 nitrogen and oxygen atoms in total. The first kappa shape index (κ1) is 9.78. The molecular formula is C9H12ClNS. The van der Waals surface area contributed by atoms with Crippen LogP contribution in [-0.4, -0.2) is 13.6 Å². The Kier molecular flexibility index (Phi) is 3.79. The summed E-state index contributed by atoms with van der Waals surface area (Å²) in [5, 5.41) is 5.94. The number of halogens is 1. The minimum absolute atomic E-state index is 0.843. The molecule has 0 aliphatic carbocycles. The lowest BCUT2D eigenvalue weighted by atomic mass is 10.2. The lowest BCUT2D eigenvalue weighted by Gasteiger charge is -1.97. The molecule has 1 N–H and O–H groups in total. The van der Waals surface area contributed by atoms with Gasteiger partial charge in [-0.15, -0.1) is 11.3 Å². The predicted octanol–water partition coefficient (Wildman–Crippen LogP) is 3.02. The van der Waals surface area contributed by atoms with E-state index in [0.717, 1.165) is 16.4 Å². The molecule has 66 valence electrons. The van der Waals surface area contributed by atoms with Gasteiger partial charge in [-0.1, -0.05) is 17.2 Å². The Hall–Kier alpha value is -0.310. The van der Waals surface area contributed by atoms with Crippen molar-refractivity contribution in [3.05, 3.63) is 26.9 Å². The molecule has 0 unspecified atom stereocenters. The number of likely N-dealkylation sites (N-methyl/N-ethyl adjacent to an activating group) is 1. The maximum absolute atomic E-state index is 5.93. The van der Waals surface area contributed by atoms with E-state index in [1.807, 2.05) is 18.5 Å². The summed E-state index contributed by atoms with van der Waals surface area (Å²) < 4.78 is 0. The molecule has 1 rings (SSSR count). The molecule has 0 aliphatic rings. The third kappa shape index (κ3) is 2.63. The van der Waals surface area contributed by atoms with E-state index in [-0.39, 0.29) is 0 Å². The van der Waals surface area contributed by atoms with Crippen molar-refractivity contribution in [2.24, 2.45) is 0 Å². The summed E-state index contributed by atoms with van der Waals surface area (Å²) >= 11 is 7.60. The largest absolute Gasteiger partial charge is 0.316 e. The summed E-state index contributed by atoms with van der Waals surface area (Å²) in [5.74, 6) is 0. The topological polar surface area (TPSA) is 12.0 Å². The Morgan fingerprint density at radius 3 is 3.00 bits per heavy atom. The molecule has 0 atom stereocenters. The highest BCUT2D eigenvalue weighted by molar-refractivity contribution is 7.11. The van der Waals surface area contributed by atoms with E-state index in [1.165, 1.54) is 5.57 Å². The van der Waals surface area contributed by atoms with E-state index >= 15 is 0 Å². The molecule has 0 radical (unpaired) electrons. The van der Waals surface area contributed by atoms with E-state index in [2.05, 4.69) is 18.3 Å². The third-order valence-electron chi connectivity index (χ3n) is 1.48. The molecule has 12 heavy (non-hydrogen) atoms. The second-order valence-electron chi connectivity index (χ2n) is 2.65. The highest BCUT2D eigenvalue weighted by Crippen LogP contribution is 2.24. The molecular weight excluding hydrogens is 190 g/mol. The SMILES string of the molecule is CNC/C(C)=C/c1sccc1Cl. The Morgan fingerprint density at radius 2 is 2.50 bits per heavy atom. The van der Waals surface area contributed by atoms with Gasteiger partial charge in [0.1, 0.15) is 0 Å². The molecule has 0 spiro atoms. The van der Waals surface area contributed by atoms with E-state index in [9.17, 15) is 0 Å². The summed E-state index contributed by atoms with van der Waals surface area (Å²) in [6.07, 6.45) is 2.11. The van der Waals surface area contributed by atoms with Crippen LogP contribution in [0, 0.1) is 0 Å². The molecule has 0 aliphatic heterocycles. The van der Waals surface area contributed by atoms with Crippen LogP contribution in [0.3, 0.4) is 0 Å². The molecule has 0 saturated heterocycles. The number of thiophene rings is 1. The van der Waals surface area contributed by atoms with Crippen LogP contribution in [0.4, 0.5) is 0 Å². The third-order valence-corrected chi connectivity index (χ3v) is 2.78. The zero-order valence-corrected chi connectivity index (χ0v) is 8.80. The fourth-order valence-electron chi connectivity index (χ4n) is 0.962. The summed E-state index contributed by atoms with van der Waals surface area (Å²) in [5.41, 5.74) is 1.29. The minimum Gasteiger partial charge on any atom is -0.316 e. The van der Waals surface area contributed by atoms with Gasteiger partial charge in [0, 0.05) is 11.4 Å². The van der Waals surface area contributed by atoms with Gasteiger partial charge in [-0.3, -0.25) is 0 Å². The van der Waals surface area contributed by atoms with Crippen LogP contribution in [-0.2, 0) is 0 Å². The van der Waals surface area contributed by atoms with Crippen LogP contribution in [0.5, 0.6) is 0 Å². The van der Waals surface area contributed by atoms with Crippen molar-refractivity contribution < 1.29 is 0 Å². The summed E-state index contributed by atoms with van der Waals surface area (Å²) in [4.78, 5) is 1.14. The highest BCUT2D eigenvalue weighted by Gasteiger charge is 1.97. The fourth-order valence-corrected chi connectivity index (χ4v) is 2.09. The first-order valence-corrected chi connectivity index (χ1v) is 5.04. The van der Waals surface area contributed by atoms with Gasteiger partial charge in [0.2, 0.25) is 0 Å². The number of nitrogens with one attached hydrogen (secondary N) is 1. The fraction of sp³-hybridized carbons (Fsp3) is 0.333. The van der Waals surface area contributed by atoms with Gasteiger partial charge in [0.05, 0.1) is 5.02 Å². The summed E-state index contributed by atoms with van der Waals surface area (Å²) in [6, 6.07) is 1.92. The van der Waals surface area contributed by atoms with E-state index in [0.29, 0.717) is 0 Å². The van der Waals surface area contributed by atoms with Gasteiger partial charge < -0.3 is 5.32 Å². The second kappa shape index (κ2) is 4.65. The summed E-state index contributed by atoms with van der Waals surface area (Å²) in [6.45, 7) is 3.00. The zero-order valence-electron chi connectivity index (χ0n) is 7.23. The lowest BCUT2D eigenvalue weighted by Crippen LogP contribution is -2.08. The monoisotopic (exact) mass is 201 g/mol. The first-order valence-electron chi connectivity index (χ1n) is 3.79. The predicted molar refractivity (Wildman–Crippen MR) is 56.9 cm³/mol. The average Bonchev–Trinajstić information content (AvgIpc) is 2.37. The van der Waals surface area contributed by atoms with Crippen LogP contribution >= 0.6 is 22.9 Å². The molecule has 1 aromatic heterocycles. The van der Waals surface area contributed by atoms with Crippen molar-refractivity contribution in [2.45, 2.75) is 6.92 Å². The van der Waals surface area contributed by atoms with Crippen molar-refractivity contribution >= 4 is 29.0 Å². The molecule has 0 fully saturated rings.